The number of aliphatic carboxylic acids is 1. The molecule has 1 aromatic carbocycles. The van der Waals surface area contributed by atoms with Crippen molar-refractivity contribution in [2.45, 2.75) is 68.2 Å². The molecular formula is C19H25NO5S. The van der Waals surface area contributed by atoms with Gasteiger partial charge in [-0.25, -0.2) is 13.2 Å². The molecule has 0 bridgehead atoms. The number of rotatable bonds is 4. The maximum absolute atomic E-state index is 13.0. The van der Waals surface area contributed by atoms with E-state index in [0.717, 1.165) is 25.7 Å². The van der Waals surface area contributed by atoms with E-state index < -0.39 is 27.1 Å². The number of nitrogens with zero attached hydrogens (tertiary/aromatic N) is 1. The van der Waals surface area contributed by atoms with Crippen LogP contribution in [0.15, 0.2) is 29.2 Å². The summed E-state index contributed by atoms with van der Waals surface area (Å²) in [6, 6.07) is 5.03. The molecule has 3 rings (SSSR count). The number of carbonyl (C=O) groups excluding carboxylic acids is 1. The number of benzene rings is 1. The van der Waals surface area contributed by atoms with Crippen LogP contribution in [0, 0.1) is 5.92 Å². The van der Waals surface area contributed by atoms with Gasteiger partial charge in [-0.1, -0.05) is 12.8 Å². The number of hydrogen-bond acceptors (Lipinski definition) is 4. The van der Waals surface area contributed by atoms with Crippen molar-refractivity contribution < 1.29 is 23.1 Å². The number of carboxylic acid groups (broad SMARTS) is 1. The fraction of sp³-hybridized carbons (Fsp3) is 0.579. The predicted octanol–water partition coefficient (Wildman–Crippen LogP) is 2.73. The largest absolute Gasteiger partial charge is 0.480 e. The van der Waals surface area contributed by atoms with E-state index in [4.69, 9.17) is 0 Å². The van der Waals surface area contributed by atoms with E-state index in [9.17, 15) is 23.1 Å². The second-order valence-corrected chi connectivity index (χ2v) is 10.0. The number of carboxylic acids is 1. The van der Waals surface area contributed by atoms with E-state index >= 15 is 0 Å². The zero-order valence-corrected chi connectivity index (χ0v) is 15.9. The molecule has 1 aromatic rings. The molecule has 6 nitrogen and oxygen atoms in total. The van der Waals surface area contributed by atoms with Crippen LogP contribution in [-0.2, 0) is 14.6 Å². The zero-order chi connectivity index (χ0) is 19.1. The summed E-state index contributed by atoms with van der Waals surface area (Å²) in [4.78, 5) is 26.4. The van der Waals surface area contributed by atoms with Gasteiger partial charge in [0.2, 0.25) is 0 Å². The van der Waals surface area contributed by atoms with Crippen LogP contribution in [0.2, 0.25) is 0 Å². The van der Waals surface area contributed by atoms with Crippen molar-refractivity contribution in [2.24, 2.45) is 5.92 Å². The molecule has 1 aliphatic heterocycles. The molecule has 2 aliphatic rings. The molecule has 1 N–H and O–H groups in total. The highest BCUT2D eigenvalue weighted by molar-refractivity contribution is 7.92. The first kappa shape index (κ1) is 18.9. The molecule has 1 aliphatic carbocycles. The number of hydrogen-bond donors (Lipinski definition) is 1. The summed E-state index contributed by atoms with van der Waals surface area (Å²) in [7, 11) is -3.40. The van der Waals surface area contributed by atoms with Gasteiger partial charge in [0.15, 0.2) is 9.84 Å². The van der Waals surface area contributed by atoms with E-state index in [-0.39, 0.29) is 22.8 Å². The van der Waals surface area contributed by atoms with Crippen LogP contribution in [0.4, 0.5) is 0 Å². The molecule has 1 saturated carbocycles. The zero-order valence-electron chi connectivity index (χ0n) is 15.1. The molecule has 1 amide bonds. The monoisotopic (exact) mass is 379 g/mol. The lowest BCUT2D eigenvalue weighted by Crippen LogP contribution is -2.46. The first-order valence-electron chi connectivity index (χ1n) is 9.13. The molecule has 26 heavy (non-hydrogen) atoms. The third-order valence-electron chi connectivity index (χ3n) is 5.66. The first-order valence-corrected chi connectivity index (χ1v) is 10.7. The van der Waals surface area contributed by atoms with Gasteiger partial charge in [0.25, 0.3) is 5.91 Å². The lowest BCUT2D eigenvalue weighted by Gasteiger charge is -2.33. The van der Waals surface area contributed by atoms with E-state index in [2.05, 4.69) is 0 Å². The lowest BCUT2D eigenvalue weighted by molar-refractivity contribution is -0.141. The first-order chi connectivity index (χ1) is 12.2. The van der Waals surface area contributed by atoms with Crippen LogP contribution in [0.5, 0.6) is 0 Å². The minimum atomic E-state index is -3.40. The van der Waals surface area contributed by atoms with Crippen molar-refractivity contribution in [1.82, 2.24) is 4.90 Å². The quantitative estimate of drug-likeness (QED) is 0.868. The van der Waals surface area contributed by atoms with Crippen LogP contribution >= 0.6 is 0 Å². The molecule has 1 heterocycles. The molecule has 142 valence electrons. The van der Waals surface area contributed by atoms with Gasteiger partial charge in [-0.3, -0.25) is 4.79 Å². The number of sulfone groups is 1. The third kappa shape index (κ3) is 3.24. The fourth-order valence-corrected chi connectivity index (χ4v) is 5.24. The van der Waals surface area contributed by atoms with Gasteiger partial charge in [0.05, 0.1) is 10.1 Å². The smallest absolute Gasteiger partial charge is 0.326 e. The molecule has 1 saturated heterocycles. The van der Waals surface area contributed by atoms with Crippen LogP contribution in [0.1, 0.15) is 56.3 Å². The van der Waals surface area contributed by atoms with Gasteiger partial charge in [0.1, 0.15) is 6.04 Å². The maximum Gasteiger partial charge on any atom is 0.326 e. The average Bonchev–Trinajstić information content (AvgIpc) is 3.01. The van der Waals surface area contributed by atoms with Gasteiger partial charge < -0.3 is 10.0 Å². The van der Waals surface area contributed by atoms with Gasteiger partial charge in [0, 0.05) is 11.6 Å². The Morgan fingerprint density at radius 1 is 1.12 bits per heavy atom. The Morgan fingerprint density at radius 3 is 2.31 bits per heavy atom. The van der Waals surface area contributed by atoms with Gasteiger partial charge >= 0.3 is 5.97 Å². The molecule has 0 aromatic heterocycles. The Labute approximate surface area is 154 Å². The minimum Gasteiger partial charge on any atom is -0.480 e. The highest BCUT2D eigenvalue weighted by Gasteiger charge is 2.47. The molecule has 3 atom stereocenters. The van der Waals surface area contributed by atoms with Gasteiger partial charge in [-0.2, -0.15) is 0 Å². The summed E-state index contributed by atoms with van der Waals surface area (Å²) in [6.07, 6.45) is 4.38. The third-order valence-corrected chi connectivity index (χ3v) is 7.83. The summed E-state index contributed by atoms with van der Waals surface area (Å²) in [5.74, 6) is -1.04. The number of likely N-dealkylation sites (tertiary alicyclic amines) is 1. The summed E-state index contributed by atoms with van der Waals surface area (Å²) < 4.78 is 24.5. The van der Waals surface area contributed by atoms with Gasteiger partial charge in [-0.05, 0) is 63.3 Å². The number of amides is 1. The SMILES string of the molecule is CC(C)S(=O)(=O)c1ccc(C(=O)N2[C@H](C(=O)O)C[C@H]3CCCC[C@@H]32)cc1. The Bertz CT molecular complexity index is 800. The maximum atomic E-state index is 13.0. The summed E-state index contributed by atoms with van der Waals surface area (Å²) >= 11 is 0. The second kappa shape index (κ2) is 7.02. The molecule has 2 fully saturated rings. The molecule has 0 radical (unpaired) electrons. The van der Waals surface area contributed by atoms with E-state index in [0.29, 0.717) is 12.0 Å². The van der Waals surface area contributed by atoms with E-state index in [1.54, 1.807) is 13.8 Å². The minimum absolute atomic E-state index is 0.0311. The van der Waals surface area contributed by atoms with Crippen LogP contribution in [-0.4, -0.2) is 47.6 Å². The summed E-state index contributed by atoms with van der Waals surface area (Å²) in [6.45, 7) is 3.22. The average molecular weight is 379 g/mol. The second-order valence-electron chi connectivity index (χ2n) is 7.53. The fourth-order valence-electron chi connectivity index (χ4n) is 4.18. The topological polar surface area (TPSA) is 91.8 Å². The molecule has 0 unspecified atom stereocenters. The highest BCUT2D eigenvalue weighted by atomic mass is 32.2. The normalized spacial score (nSPS) is 26.0. The van der Waals surface area contributed by atoms with Crippen LogP contribution in [0.25, 0.3) is 0 Å². The van der Waals surface area contributed by atoms with Crippen molar-refractivity contribution in [1.29, 1.82) is 0 Å². The summed E-state index contributed by atoms with van der Waals surface area (Å²) in [5, 5.41) is 9.03. The Balaban J connectivity index is 1.89. The van der Waals surface area contributed by atoms with Crippen LogP contribution < -0.4 is 0 Å². The Hall–Kier alpha value is -1.89. The molecule has 0 spiro atoms. The van der Waals surface area contributed by atoms with Gasteiger partial charge in [-0.15, -0.1) is 0 Å². The molecular weight excluding hydrogens is 354 g/mol. The van der Waals surface area contributed by atoms with Crippen molar-refractivity contribution in [3.63, 3.8) is 0 Å². The standard InChI is InChI=1S/C19H25NO5S/c1-12(2)26(24,25)15-9-7-13(8-10-15)18(21)20-16-6-4-3-5-14(16)11-17(20)19(22)23/h7-10,12,14,16-17H,3-6,11H2,1-2H3,(H,22,23)/t14-,16+,17+/m1/s1. The van der Waals surface area contributed by atoms with Crippen molar-refractivity contribution >= 4 is 21.7 Å². The number of carbonyl (C=O) groups is 2. The van der Waals surface area contributed by atoms with E-state index in [1.165, 1.54) is 29.2 Å². The number of fused-ring (bicyclic) bond motifs is 1. The predicted molar refractivity (Wildman–Crippen MR) is 96.7 cm³/mol. The lowest BCUT2D eigenvalue weighted by atomic mass is 9.84. The highest BCUT2D eigenvalue weighted by Crippen LogP contribution is 2.40. The molecule has 7 heteroatoms. The Morgan fingerprint density at radius 2 is 1.73 bits per heavy atom. The van der Waals surface area contributed by atoms with Crippen molar-refractivity contribution in [3.05, 3.63) is 29.8 Å². The van der Waals surface area contributed by atoms with Crippen molar-refractivity contribution in [3.8, 4) is 0 Å². The summed E-state index contributed by atoms with van der Waals surface area (Å²) in [5.41, 5.74) is 0.338. The van der Waals surface area contributed by atoms with Crippen molar-refractivity contribution in [2.75, 3.05) is 0 Å². The van der Waals surface area contributed by atoms with E-state index in [1.807, 2.05) is 0 Å². The Kier molecular flexibility index (Phi) is 5.10. The van der Waals surface area contributed by atoms with Crippen LogP contribution in [0.3, 0.4) is 0 Å².